The van der Waals surface area contributed by atoms with Crippen LogP contribution in [0.4, 0.5) is 0 Å². The second kappa shape index (κ2) is 7.10. The molecule has 1 saturated heterocycles. The number of carbonyl (C=O) groups excluding carboxylic acids is 1. The van der Waals surface area contributed by atoms with Crippen LogP contribution in [0.15, 0.2) is 0 Å². The Hall–Kier alpha value is -0.610. The Morgan fingerprint density at radius 1 is 1.33 bits per heavy atom. The second-order valence-corrected chi connectivity index (χ2v) is 6.32. The number of likely N-dealkylation sites (N-methyl/N-ethyl adjacent to an activating group) is 1. The Labute approximate surface area is 111 Å². The lowest BCUT2D eigenvalue weighted by atomic mass is 9.97. The fraction of sp³-hybridized carbons (Fsp3) is 0.929. The van der Waals surface area contributed by atoms with Gasteiger partial charge in [0.15, 0.2) is 0 Å². The zero-order valence-corrected chi connectivity index (χ0v) is 12.4. The quantitative estimate of drug-likeness (QED) is 0.776. The first-order valence-corrected chi connectivity index (χ1v) is 7.15. The van der Waals surface area contributed by atoms with Crippen molar-refractivity contribution >= 4 is 5.91 Å². The minimum absolute atomic E-state index is 0.134. The van der Waals surface area contributed by atoms with E-state index in [0.29, 0.717) is 6.54 Å². The van der Waals surface area contributed by atoms with Gasteiger partial charge in [0.25, 0.3) is 0 Å². The fourth-order valence-electron chi connectivity index (χ4n) is 2.40. The molecule has 0 aliphatic carbocycles. The van der Waals surface area contributed by atoms with Crippen molar-refractivity contribution in [2.75, 3.05) is 32.7 Å². The number of amides is 1. The van der Waals surface area contributed by atoms with Crippen molar-refractivity contribution in [3.8, 4) is 0 Å². The normalized spacial score (nSPS) is 18.1. The van der Waals surface area contributed by atoms with E-state index in [1.165, 1.54) is 12.8 Å². The molecule has 0 aromatic rings. The van der Waals surface area contributed by atoms with E-state index in [1.807, 2.05) is 20.8 Å². The average molecular weight is 255 g/mol. The molecule has 1 rings (SSSR count). The van der Waals surface area contributed by atoms with Crippen molar-refractivity contribution in [2.24, 2.45) is 5.92 Å². The smallest absolute Gasteiger partial charge is 0.234 e. The van der Waals surface area contributed by atoms with Gasteiger partial charge >= 0.3 is 0 Å². The van der Waals surface area contributed by atoms with Crippen molar-refractivity contribution in [1.82, 2.24) is 15.5 Å². The molecule has 1 heterocycles. The van der Waals surface area contributed by atoms with Crippen molar-refractivity contribution < 1.29 is 4.79 Å². The molecule has 0 saturated carbocycles. The maximum absolute atomic E-state index is 11.9. The summed E-state index contributed by atoms with van der Waals surface area (Å²) in [5.41, 5.74) is -0.134. The molecule has 0 atom stereocenters. The monoisotopic (exact) mass is 255 g/mol. The summed E-state index contributed by atoms with van der Waals surface area (Å²) in [5, 5.41) is 6.41. The second-order valence-electron chi connectivity index (χ2n) is 6.32. The van der Waals surface area contributed by atoms with Crippen LogP contribution in [0.3, 0.4) is 0 Å². The van der Waals surface area contributed by atoms with Crippen molar-refractivity contribution in [3.05, 3.63) is 0 Å². The number of hydrogen-bond acceptors (Lipinski definition) is 3. The standard InChI is InChI=1S/C14H29N3O/c1-5-17(10-12-6-8-15-9-7-12)11-13(18)16-14(2,3)4/h12,15H,5-11H2,1-4H3,(H,16,18). The van der Waals surface area contributed by atoms with Crippen LogP contribution in [-0.2, 0) is 4.79 Å². The number of piperidine rings is 1. The molecule has 106 valence electrons. The molecule has 4 heteroatoms. The van der Waals surface area contributed by atoms with Gasteiger partial charge in [0, 0.05) is 12.1 Å². The fourth-order valence-corrected chi connectivity index (χ4v) is 2.40. The van der Waals surface area contributed by atoms with Crippen molar-refractivity contribution in [2.45, 2.75) is 46.1 Å². The van der Waals surface area contributed by atoms with Gasteiger partial charge in [0.2, 0.25) is 5.91 Å². The molecular formula is C14H29N3O. The largest absolute Gasteiger partial charge is 0.350 e. The molecular weight excluding hydrogens is 226 g/mol. The molecule has 0 aromatic carbocycles. The molecule has 2 N–H and O–H groups in total. The van der Waals surface area contributed by atoms with Crippen LogP contribution in [0.2, 0.25) is 0 Å². The lowest BCUT2D eigenvalue weighted by molar-refractivity contribution is -0.123. The Balaban J connectivity index is 2.34. The van der Waals surface area contributed by atoms with Crippen LogP contribution in [0, 0.1) is 5.92 Å². The predicted octanol–water partition coefficient (Wildman–Crippen LogP) is 1.22. The predicted molar refractivity (Wildman–Crippen MR) is 75.6 cm³/mol. The highest BCUT2D eigenvalue weighted by Gasteiger charge is 2.19. The first-order chi connectivity index (χ1) is 8.40. The highest BCUT2D eigenvalue weighted by atomic mass is 16.2. The Morgan fingerprint density at radius 2 is 1.94 bits per heavy atom. The Bertz CT molecular complexity index is 254. The zero-order valence-electron chi connectivity index (χ0n) is 12.4. The molecule has 0 spiro atoms. The summed E-state index contributed by atoms with van der Waals surface area (Å²) in [6.45, 7) is 13.0. The molecule has 1 amide bonds. The van der Waals surface area contributed by atoms with Crippen LogP contribution >= 0.6 is 0 Å². The number of carbonyl (C=O) groups is 1. The molecule has 0 aromatic heterocycles. The van der Waals surface area contributed by atoms with Gasteiger partial charge in [-0.25, -0.2) is 0 Å². The van der Waals surface area contributed by atoms with Crippen LogP contribution in [-0.4, -0.2) is 49.1 Å². The molecule has 1 aliphatic heterocycles. The van der Waals surface area contributed by atoms with E-state index in [4.69, 9.17) is 0 Å². The topological polar surface area (TPSA) is 44.4 Å². The summed E-state index contributed by atoms with van der Waals surface area (Å²) < 4.78 is 0. The molecule has 4 nitrogen and oxygen atoms in total. The van der Waals surface area contributed by atoms with E-state index in [1.54, 1.807) is 0 Å². The van der Waals surface area contributed by atoms with Gasteiger partial charge in [-0.05, 0) is 59.2 Å². The van der Waals surface area contributed by atoms with Crippen molar-refractivity contribution in [3.63, 3.8) is 0 Å². The van der Waals surface area contributed by atoms with Crippen LogP contribution < -0.4 is 10.6 Å². The Morgan fingerprint density at radius 3 is 2.44 bits per heavy atom. The summed E-state index contributed by atoms with van der Waals surface area (Å²) in [6, 6.07) is 0. The van der Waals surface area contributed by atoms with Gasteiger partial charge in [-0.1, -0.05) is 6.92 Å². The van der Waals surface area contributed by atoms with Crippen LogP contribution in [0.25, 0.3) is 0 Å². The summed E-state index contributed by atoms with van der Waals surface area (Å²) in [5.74, 6) is 0.881. The molecule has 1 aliphatic rings. The molecule has 1 fully saturated rings. The first-order valence-electron chi connectivity index (χ1n) is 7.15. The number of hydrogen-bond donors (Lipinski definition) is 2. The van der Waals surface area contributed by atoms with Gasteiger partial charge in [-0.3, -0.25) is 9.69 Å². The van der Waals surface area contributed by atoms with E-state index >= 15 is 0 Å². The molecule has 18 heavy (non-hydrogen) atoms. The minimum Gasteiger partial charge on any atom is -0.350 e. The van der Waals surface area contributed by atoms with E-state index in [-0.39, 0.29) is 11.4 Å². The molecule has 0 bridgehead atoms. The summed E-state index contributed by atoms with van der Waals surface area (Å²) >= 11 is 0. The van der Waals surface area contributed by atoms with Gasteiger partial charge in [0.05, 0.1) is 6.54 Å². The zero-order chi connectivity index (χ0) is 13.6. The highest BCUT2D eigenvalue weighted by Crippen LogP contribution is 2.13. The van der Waals surface area contributed by atoms with Gasteiger partial charge < -0.3 is 10.6 Å². The van der Waals surface area contributed by atoms with E-state index < -0.39 is 0 Å². The third-order valence-corrected chi connectivity index (χ3v) is 3.30. The number of rotatable bonds is 5. The number of nitrogens with one attached hydrogen (secondary N) is 2. The van der Waals surface area contributed by atoms with E-state index in [0.717, 1.165) is 32.1 Å². The van der Waals surface area contributed by atoms with Crippen LogP contribution in [0.5, 0.6) is 0 Å². The Kier molecular flexibility index (Phi) is 6.09. The third kappa shape index (κ3) is 6.36. The molecule has 0 unspecified atom stereocenters. The van der Waals surface area contributed by atoms with Gasteiger partial charge in [-0.2, -0.15) is 0 Å². The maximum atomic E-state index is 11.9. The maximum Gasteiger partial charge on any atom is 0.234 e. The molecule has 0 radical (unpaired) electrons. The third-order valence-electron chi connectivity index (χ3n) is 3.30. The SMILES string of the molecule is CCN(CC(=O)NC(C)(C)C)CC1CCNCC1. The summed E-state index contributed by atoms with van der Waals surface area (Å²) in [7, 11) is 0. The number of nitrogens with zero attached hydrogens (tertiary/aromatic N) is 1. The lowest BCUT2D eigenvalue weighted by Crippen LogP contribution is -2.47. The minimum atomic E-state index is -0.134. The average Bonchev–Trinajstić information content (AvgIpc) is 2.27. The highest BCUT2D eigenvalue weighted by molar-refractivity contribution is 5.78. The van der Waals surface area contributed by atoms with E-state index in [9.17, 15) is 4.79 Å². The van der Waals surface area contributed by atoms with Crippen molar-refractivity contribution in [1.29, 1.82) is 0 Å². The first kappa shape index (κ1) is 15.4. The lowest BCUT2D eigenvalue weighted by Gasteiger charge is -2.30. The van der Waals surface area contributed by atoms with Gasteiger partial charge in [-0.15, -0.1) is 0 Å². The van der Waals surface area contributed by atoms with Crippen LogP contribution in [0.1, 0.15) is 40.5 Å². The van der Waals surface area contributed by atoms with E-state index in [2.05, 4.69) is 22.5 Å². The summed E-state index contributed by atoms with van der Waals surface area (Å²) in [6.07, 6.45) is 2.47. The summed E-state index contributed by atoms with van der Waals surface area (Å²) in [4.78, 5) is 14.2. The van der Waals surface area contributed by atoms with Gasteiger partial charge in [0.1, 0.15) is 0 Å².